The third kappa shape index (κ3) is 3.77. The molecule has 0 spiro atoms. The largest absolute Gasteiger partial charge is 0.476 e. The van der Waals surface area contributed by atoms with E-state index in [4.69, 9.17) is 5.11 Å². The Labute approximate surface area is 155 Å². The van der Waals surface area contributed by atoms with E-state index in [0.29, 0.717) is 0 Å². The molecule has 8 nitrogen and oxygen atoms in total. The van der Waals surface area contributed by atoms with Gasteiger partial charge in [-0.1, -0.05) is 0 Å². The molecule has 0 saturated heterocycles. The smallest absolute Gasteiger partial charge is 0.416 e. The highest BCUT2D eigenvalue weighted by Gasteiger charge is 2.35. The maximum atomic E-state index is 13.6. The summed E-state index contributed by atoms with van der Waals surface area (Å²) in [6.45, 7) is 2.94. The van der Waals surface area contributed by atoms with Crippen LogP contribution in [0.4, 0.5) is 19.0 Å². The lowest BCUT2D eigenvalue weighted by atomic mass is 9.98. The van der Waals surface area contributed by atoms with Gasteiger partial charge in [0.25, 0.3) is 5.56 Å². The molecule has 3 aromatic rings. The molecule has 1 atom stereocenters. The summed E-state index contributed by atoms with van der Waals surface area (Å²) in [5.41, 5.74) is -2.02. The van der Waals surface area contributed by atoms with Crippen LogP contribution >= 0.6 is 0 Å². The number of H-pyrrole nitrogens is 1. The average molecular weight is 393 g/mol. The third-order valence-electron chi connectivity index (χ3n) is 4.00. The van der Waals surface area contributed by atoms with E-state index in [1.165, 1.54) is 13.8 Å². The second-order valence-electron chi connectivity index (χ2n) is 6.06. The maximum Gasteiger partial charge on any atom is 0.416 e. The molecule has 0 radical (unpaired) electrons. The predicted octanol–water partition coefficient (Wildman–Crippen LogP) is 2.91. The fourth-order valence-electron chi connectivity index (χ4n) is 2.74. The van der Waals surface area contributed by atoms with Crippen LogP contribution in [-0.4, -0.2) is 31.0 Å². The second kappa shape index (κ2) is 6.91. The molecule has 146 valence electrons. The molecule has 3 rings (SSSR count). The Morgan fingerprint density at radius 1 is 1.25 bits per heavy atom. The number of carbonyl (C=O) groups is 1. The molecule has 3 N–H and O–H groups in total. The van der Waals surface area contributed by atoms with E-state index < -0.39 is 29.3 Å². The molecular weight excluding hydrogens is 379 g/mol. The van der Waals surface area contributed by atoms with Crippen molar-refractivity contribution in [1.82, 2.24) is 19.9 Å². The number of aromatic amines is 1. The van der Waals surface area contributed by atoms with Gasteiger partial charge in [0.2, 0.25) is 0 Å². The number of aromatic nitrogens is 4. The number of aromatic carboxylic acids is 1. The third-order valence-corrected chi connectivity index (χ3v) is 4.00. The first-order valence-electron chi connectivity index (χ1n) is 8.00. The van der Waals surface area contributed by atoms with Crippen LogP contribution < -0.4 is 10.9 Å². The molecule has 2 aromatic heterocycles. The molecule has 0 amide bonds. The van der Waals surface area contributed by atoms with Crippen LogP contribution in [0.3, 0.4) is 0 Å². The number of carboxylic acid groups (broad SMARTS) is 1. The quantitative estimate of drug-likeness (QED) is 0.623. The van der Waals surface area contributed by atoms with Gasteiger partial charge in [-0.2, -0.15) is 13.2 Å². The number of nitrogens with one attached hydrogen (secondary N) is 2. The number of hydrogen-bond donors (Lipinski definition) is 3. The van der Waals surface area contributed by atoms with Gasteiger partial charge in [0.15, 0.2) is 5.69 Å². The number of benzene rings is 1. The molecule has 2 heterocycles. The molecule has 0 aliphatic carbocycles. The van der Waals surface area contributed by atoms with Crippen molar-refractivity contribution < 1.29 is 23.1 Å². The van der Waals surface area contributed by atoms with Crippen LogP contribution in [0, 0.1) is 6.92 Å². The zero-order valence-electron chi connectivity index (χ0n) is 14.6. The molecule has 28 heavy (non-hydrogen) atoms. The summed E-state index contributed by atoms with van der Waals surface area (Å²) in [6.07, 6.45) is -2.58. The zero-order valence-corrected chi connectivity index (χ0v) is 14.6. The van der Waals surface area contributed by atoms with E-state index in [2.05, 4.69) is 25.3 Å². The van der Waals surface area contributed by atoms with Crippen LogP contribution in [0.2, 0.25) is 0 Å². The molecular formula is C17H14F3N5O3. The highest BCUT2D eigenvalue weighted by Crippen LogP contribution is 2.37. The highest BCUT2D eigenvalue weighted by molar-refractivity contribution is 5.85. The van der Waals surface area contributed by atoms with Crippen molar-refractivity contribution in [2.45, 2.75) is 26.1 Å². The van der Waals surface area contributed by atoms with Crippen molar-refractivity contribution in [3.8, 4) is 0 Å². The number of fused-ring (bicyclic) bond motifs is 1. The maximum absolute atomic E-state index is 13.6. The number of alkyl halides is 3. The molecule has 11 heteroatoms. The number of rotatable bonds is 4. The summed E-state index contributed by atoms with van der Waals surface area (Å²) in [7, 11) is 0. The number of hydrogen-bond acceptors (Lipinski definition) is 6. The fraction of sp³-hybridized carbons (Fsp3) is 0.235. The lowest BCUT2D eigenvalue weighted by molar-refractivity contribution is -0.138. The van der Waals surface area contributed by atoms with Gasteiger partial charge >= 0.3 is 12.1 Å². The van der Waals surface area contributed by atoms with Gasteiger partial charge in [-0.3, -0.25) is 4.79 Å². The summed E-state index contributed by atoms with van der Waals surface area (Å²) >= 11 is 0. The minimum Gasteiger partial charge on any atom is -0.476 e. The Morgan fingerprint density at radius 2 is 1.96 bits per heavy atom. The van der Waals surface area contributed by atoms with Crippen molar-refractivity contribution in [2.24, 2.45) is 0 Å². The van der Waals surface area contributed by atoms with Crippen LogP contribution in [0.5, 0.6) is 0 Å². The molecule has 1 unspecified atom stereocenters. The van der Waals surface area contributed by atoms with Gasteiger partial charge < -0.3 is 15.4 Å². The van der Waals surface area contributed by atoms with Crippen molar-refractivity contribution in [2.75, 3.05) is 5.32 Å². The summed E-state index contributed by atoms with van der Waals surface area (Å²) < 4.78 is 40.8. The normalized spacial score (nSPS) is 12.8. The van der Waals surface area contributed by atoms with E-state index in [1.807, 2.05) is 0 Å². The van der Waals surface area contributed by atoms with Gasteiger partial charge in [0.05, 0.1) is 34.9 Å². The van der Waals surface area contributed by atoms with Crippen molar-refractivity contribution in [1.29, 1.82) is 0 Å². The van der Waals surface area contributed by atoms with Gasteiger partial charge in [0.1, 0.15) is 11.6 Å². The minimum absolute atomic E-state index is 0.0227. The average Bonchev–Trinajstić information content (AvgIpc) is 2.60. The first kappa shape index (κ1) is 19.3. The summed E-state index contributed by atoms with van der Waals surface area (Å²) in [6, 6.07) is 1.07. The monoisotopic (exact) mass is 393 g/mol. The van der Waals surface area contributed by atoms with E-state index in [9.17, 15) is 22.8 Å². The molecule has 0 aliphatic heterocycles. The number of nitrogens with zero attached hydrogens (tertiary/aromatic N) is 3. The van der Waals surface area contributed by atoms with Crippen molar-refractivity contribution in [3.63, 3.8) is 0 Å². The van der Waals surface area contributed by atoms with Crippen LogP contribution in [0.1, 0.15) is 40.4 Å². The predicted molar refractivity (Wildman–Crippen MR) is 93.1 cm³/mol. The SMILES string of the molecule is Cc1nc2cc(C(F)(F)F)c(C(C)Nc3cnc(C(=O)O)cn3)cc2c(=O)[nH]1. The molecule has 0 aliphatic rings. The van der Waals surface area contributed by atoms with Gasteiger partial charge in [-0.05, 0) is 31.5 Å². The van der Waals surface area contributed by atoms with Gasteiger partial charge in [-0.15, -0.1) is 0 Å². The number of halogens is 3. The first-order valence-corrected chi connectivity index (χ1v) is 8.00. The van der Waals surface area contributed by atoms with E-state index >= 15 is 0 Å². The zero-order chi connectivity index (χ0) is 20.6. The second-order valence-corrected chi connectivity index (χ2v) is 6.06. The van der Waals surface area contributed by atoms with Crippen LogP contribution in [-0.2, 0) is 6.18 Å². The number of anilines is 1. The summed E-state index contributed by atoms with van der Waals surface area (Å²) in [4.78, 5) is 36.8. The molecule has 0 bridgehead atoms. The number of carboxylic acids is 1. The highest BCUT2D eigenvalue weighted by atomic mass is 19.4. The van der Waals surface area contributed by atoms with Crippen LogP contribution in [0.25, 0.3) is 10.9 Å². The van der Waals surface area contributed by atoms with Crippen molar-refractivity contribution in [3.05, 3.63) is 57.5 Å². The number of aryl methyl sites for hydroxylation is 1. The van der Waals surface area contributed by atoms with E-state index in [-0.39, 0.29) is 33.8 Å². The topological polar surface area (TPSA) is 121 Å². The van der Waals surface area contributed by atoms with E-state index in [0.717, 1.165) is 24.5 Å². The fourth-order valence-corrected chi connectivity index (χ4v) is 2.74. The lowest BCUT2D eigenvalue weighted by Crippen LogP contribution is -2.18. The Kier molecular flexibility index (Phi) is 4.75. The van der Waals surface area contributed by atoms with E-state index in [1.54, 1.807) is 0 Å². The molecule has 0 saturated carbocycles. The molecule has 1 aromatic carbocycles. The lowest BCUT2D eigenvalue weighted by Gasteiger charge is -2.20. The standard InChI is InChI=1S/C17H14F3N5O3/c1-7(23-14-6-21-13(5-22-14)16(27)28)9-3-10-12(4-11(9)17(18,19)20)24-8(2)25-15(10)26/h3-7H,1-2H3,(H,22,23)(H,27,28)(H,24,25,26). The van der Waals surface area contributed by atoms with Crippen LogP contribution in [0.15, 0.2) is 29.3 Å². The van der Waals surface area contributed by atoms with Gasteiger partial charge in [-0.25, -0.2) is 19.7 Å². The summed E-state index contributed by atoms with van der Waals surface area (Å²) in [5, 5.41) is 11.6. The Morgan fingerprint density at radius 3 is 2.54 bits per heavy atom. The Balaban J connectivity index is 2.06. The van der Waals surface area contributed by atoms with Crippen molar-refractivity contribution >= 4 is 22.7 Å². The minimum atomic E-state index is -4.67. The summed E-state index contributed by atoms with van der Waals surface area (Å²) in [5.74, 6) is -0.983. The Bertz CT molecular complexity index is 1110. The van der Waals surface area contributed by atoms with Gasteiger partial charge in [0, 0.05) is 0 Å². The Hall–Kier alpha value is -3.50. The molecule has 0 fully saturated rings. The first-order chi connectivity index (χ1) is 13.1.